The van der Waals surface area contributed by atoms with E-state index in [4.69, 9.17) is 4.74 Å². The number of carbonyl (C=O) groups is 1. The second kappa shape index (κ2) is 1.80. The molecule has 50 valence electrons. The maximum atomic E-state index is 10.9. The third-order valence-corrected chi connectivity index (χ3v) is 1.49. The fourth-order valence-corrected chi connectivity index (χ4v) is 0.976. The molecule has 1 unspecified atom stereocenters. The van der Waals surface area contributed by atoms with Crippen LogP contribution in [0.15, 0.2) is 29.2 Å². The third kappa shape index (κ3) is 0.603. The molecule has 0 saturated heterocycles. The molecule has 2 aliphatic rings. The van der Waals surface area contributed by atoms with Gasteiger partial charge in [-0.05, 0) is 12.2 Å². The maximum Gasteiger partial charge on any atom is 0.260 e. The first-order valence-corrected chi connectivity index (χ1v) is 2.99. The lowest BCUT2D eigenvalue weighted by molar-refractivity contribution is -0.119. The van der Waals surface area contributed by atoms with Gasteiger partial charge in [0.15, 0.2) is 0 Å². The predicted octanol–water partition coefficient (Wildman–Crippen LogP) is 0.641. The van der Waals surface area contributed by atoms with E-state index in [2.05, 4.69) is 4.99 Å². The molecule has 2 rings (SSSR count). The van der Waals surface area contributed by atoms with Crippen LogP contribution in [0.3, 0.4) is 0 Å². The van der Waals surface area contributed by atoms with Crippen molar-refractivity contribution in [3.05, 3.63) is 24.2 Å². The zero-order valence-corrected chi connectivity index (χ0v) is 5.15. The van der Waals surface area contributed by atoms with E-state index in [0.29, 0.717) is 5.76 Å². The van der Waals surface area contributed by atoms with Crippen molar-refractivity contribution in [2.24, 2.45) is 10.9 Å². The summed E-state index contributed by atoms with van der Waals surface area (Å²) in [6, 6.07) is 0. The summed E-state index contributed by atoms with van der Waals surface area (Å²) in [7, 11) is 0. The Bertz CT molecular complexity index is 263. The van der Waals surface area contributed by atoms with E-state index >= 15 is 0 Å². The molecule has 0 aromatic carbocycles. The molecule has 0 fully saturated rings. The van der Waals surface area contributed by atoms with Crippen LogP contribution in [0.1, 0.15) is 0 Å². The van der Waals surface area contributed by atoms with Crippen molar-refractivity contribution in [1.29, 1.82) is 0 Å². The molecule has 0 aromatic heterocycles. The highest BCUT2D eigenvalue weighted by molar-refractivity contribution is 5.96. The van der Waals surface area contributed by atoms with E-state index < -0.39 is 0 Å². The number of rotatable bonds is 0. The van der Waals surface area contributed by atoms with Crippen molar-refractivity contribution in [2.45, 2.75) is 0 Å². The molecular formula is C7H5NO2. The first-order valence-electron chi connectivity index (χ1n) is 2.99. The van der Waals surface area contributed by atoms with E-state index in [1.54, 1.807) is 12.2 Å². The molecule has 0 aromatic rings. The van der Waals surface area contributed by atoms with E-state index in [-0.39, 0.29) is 11.8 Å². The number of amides is 1. The van der Waals surface area contributed by atoms with E-state index in [9.17, 15) is 4.79 Å². The van der Waals surface area contributed by atoms with Crippen LogP contribution in [0.5, 0.6) is 0 Å². The Morgan fingerprint density at radius 2 is 2.50 bits per heavy atom. The van der Waals surface area contributed by atoms with Crippen molar-refractivity contribution in [3.8, 4) is 0 Å². The van der Waals surface area contributed by atoms with Gasteiger partial charge < -0.3 is 4.74 Å². The molecule has 0 bridgehead atoms. The molecular weight excluding hydrogens is 130 g/mol. The van der Waals surface area contributed by atoms with Crippen molar-refractivity contribution in [2.75, 3.05) is 0 Å². The second-order valence-corrected chi connectivity index (χ2v) is 2.11. The van der Waals surface area contributed by atoms with Crippen LogP contribution in [0.2, 0.25) is 0 Å². The Morgan fingerprint density at radius 3 is 3.30 bits per heavy atom. The standard InChI is InChI=1S/C7H5NO2/c9-7-5-2-4-10-6(5)1-3-8-7/h1-5H. The van der Waals surface area contributed by atoms with Crippen LogP contribution in [0.25, 0.3) is 0 Å². The summed E-state index contributed by atoms with van der Waals surface area (Å²) in [6.45, 7) is 0. The van der Waals surface area contributed by atoms with Gasteiger partial charge in [0, 0.05) is 6.21 Å². The van der Waals surface area contributed by atoms with E-state index in [1.165, 1.54) is 12.5 Å². The quantitative estimate of drug-likeness (QED) is 0.489. The molecule has 10 heavy (non-hydrogen) atoms. The van der Waals surface area contributed by atoms with Crippen molar-refractivity contribution in [1.82, 2.24) is 0 Å². The Hall–Kier alpha value is -1.38. The minimum absolute atomic E-state index is 0.147. The minimum Gasteiger partial charge on any atom is -0.468 e. The summed E-state index contributed by atoms with van der Waals surface area (Å²) in [5, 5.41) is 0. The lowest BCUT2D eigenvalue weighted by Gasteiger charge is -2.06. The van der Waals surface area contributed by atoms with Gasteiger partial charge in [-0.25, -0.2) is 4.99 Å². The second-order valence-electron chi connectivity index (χ2n) is 2.11. The van der Waals surface area contributed by atoms with Crippen LogP contribution in [-0.4, -0.2) is 12.1 Å². The van der Waals surface area contributed by atoms with Gasteiger partial charge in [0.25, 0.3) is 5.91 Å². The lowest BCUT2D eigenvalue weighted by Crippen LogP contribution is -2.13. The summed E-state index contributed by atoms with van der Waals surface area (Å²) in [4.78, 5) is 14.5. The topological polar surface area (TPSA) is 38.7 Å². The zero-order valence-electron chi connectivity index (χ0n) is 5.15. The molecule has 3 nitrogen and oxygen atoms in total. The molecule has 2 aliphatic heterocycles. The highest BCUT2D eigenvalue weighted by Crippen LogP contribution is 2.24. The monoisotopic (exact) mass is 135 g/mol. The van der Waals surface area contributed by atoms with Gasteiger partial charge in [0.05, 0.1) is 6.26 Å². The summed E-state index contributed by atoms with van der Waals surface area (Å²) in [5.74, 6) is 0.288. The Balaban J connectivity index is 2.40. The summed E-state index contributed by atoms with van der Waals surface area (Å²) >= 11 is 0. The number of fused-ring (bicyclic) bond motifs is 1. The Morgan fingerprint density at radius 1 is 1.60 bits per heavy atom. The molecule has 0 radical (unpaired) electrons. The van der Waals surface area contributed by atoms with Gasteiger partial charge in [-0.1, -0.05) is 0 Å². The van der Waals surface area contributed by atoms with Crippen LogP contribution in [0, 0.1) is 5.92 Å². The first kappa shape index (κ1) is 5.41. The largest absolute Gasteiger partial charge is 0.468 e. The van der Waals surface area contributed by atoms with Gasteiger partial charge in [-0.3, -0.25) is 4.79 Å². The number of carbonyl (C=O) groups excluding carboxylic acids is 1. The first-order chi connectivity index (χ1) is 4.88. The van der Waals surface area contributed by atoms with E-state index in [0.717, 1.165) is 0 Å². The number of hydrogen-bond donors (Lipinski definition) is 0. The molecule has 3 heteroatoms. The summed E-state index contributed by atoms with van der Waals surface area (Å²) in [5.41, 5.74) is 0. The number of dihydropyridines is 1. The zero-order chi connectivity index (χ0) is 6.97. The number of ether oxygens (including phenoxy) is 1. The van der Waals surface area contributed by atoms with Crippen molar-refractivity contribution >= 4 is 12.1 Å². The normalized spacial score (nSPS) is 27.8. The van der Waals surface area contributed by atoms with Crippen LogP contribution < -0.4 is 0 Å². The molecule has 0 N–H and O–H groups in total. The minimum atomic E-state index is -0.245. The van der Waals surface area contributed by atoms with E-state index in [1.807, 2.05) is 0 Å². The Labute approximate surface area is 57.7 Å². The number of nitrogens with zero attached hydrogens (tertiary/aromatic N) is 1. The predicted molar refractivity (Wildman–Crippen MR) is 35.3 cm³/mol. The number of hydrogen-bond acceptors (Lipinski definition) is 2. The van der Waals surface area contributed by atoms with Gasteiger partial charge >= 0.3 is 0 Å². The van der Waals surface area contributed by atoms with Crippen LogP contribution in [-0.2, 0) is 9.53 Å². The number of aliphatic imine (C=N–C) groups is 1. The molecule has 2 heterocycles. The highest BCUT2D eigenvalue weighted by atomic mass is 16.5. The fraction of sp³-hybridized carbons (Fsp3) is 0.143. The Kier molecular flexibility index (Phi) is 0.974. The van der Waals surface area contributed by atoms with Crippen LogP contribution >= 0.6 is 0 Å². The van der Waals surface area contributed by atoms with Crippen molar-refractivity contribution in [3.63, 3.8) is 0 Å². The highest BCUT2D eigenvalue weighted by Gasteiger charge is 2.26. The molecule has 0 saturated carbocycles. The van der Waals surface area contributed by atoms with Gasteiger partial charge in [-0.15, -0.1) is 0 Å². The summed E-state index contributed by atoms with van der Waals surface area (Å²) in [6.07, 6.45) is 6.38. The summed E-state index contributed by atoms with van der Waals surface area (Å²) < 4.78 is 5.00. The average molecular weight is 135 g/mol. The van der Waals surface area contributed by atoms with Gasteiger partial charge in [-0.2, -0.15) is 0 Å². The lowest BCUT2D eigenvalue weighted by atomic mass is 10.1. The molecule has 0 spiro atoms. The molecule has 0 aliphatic carbocycles. The van der Waals surface area contributed by atoms with Gasteiger partial charge in [0.1, 0.15) is 11.7 Å². The maximum absolute atomic E-state index is 10.9. The van der Waals surface area contributed by atoms with Crippen LogP contribution in [0.4, 0.5) is 0 Å². The molecule has 1 amide bonds. The fourth-order valence-electron chi connectivity index (χ4n) is 0.976. The number of allylic oxidation sites excluding steroid dienone is 1. The molecule has 1 atom stereocenters. The average Bonchev–Trinajstić information content (AvgIpc) is 2.36. The van der Waals surface area contributed by atoms with Crippen molar-refractivity contribution < 1.29 is 9.53 Å². The van der Waals surface area contributed by atoms with Gasteiger partial charge in [0.2, 0.25) is 0 Å². The smallest absolute Gasteiger partial charge is 0.260 e. The third-order valence-electron chi connectivity index (χ3n) is 1.49. The SMILES string of the molecule is O=C1N=CC=C2OC=CC12.